The van der Waals surface area contributed by atoms with Gasteiger partial charge in [0.2, 0.25) is 5.91 Å². The SMILES string of the molecule is Cc1ccc(-n2cnnc2SCC(=O)N2CCCc3cc(C)ccc32)cc1. The molecule has 2 heterocycles. The van der Waals surface area contributed by atoms with Gasteiger partial charge in [0.25, 0.3) is 0 Å². The van der Waals surface area contributed by atoms with Gasteiger partial charge in [-0.3, -0.25) is 9.36 Å². The molecular formula is C21H22N4OS. The molecule has 0 saturated carbocycles. The second kappa shape index (κ2) is 7.56. The molecule has 138 valence electrons. The number of nitrogens with zero attached hydrogens (tertiary/aromatic N) is 4. The third-order valence-electron chi connectivity index (χ3n) is 4.81. The summed E-state index contributed by atoms with van der Waals surface area (Å²) in [6.45, 7) is 4.93. The van der Waals surface area contributed by atoms with Gasteiger partial charge in [0.1, 0.15) is 6.33 Å². The predicted molar refractivity (Wildman–Crippen MR) is 109 cm³/mol. The van der Waals surface area contributed by atoms with E-state index in [1.54, 1.807) is 6.33 Å². The van der Waals surface area contributed by atoms with Crippen LogP contribution >= 0.6 is 11.8 Å². The highest BCUT2D eigenvalue weighted by Gasteiger charge is 2.23. The Morgan fingerprint density at radius 2 is 1.89 bits per heavy atom. The molecule has 1 aliphatic heterocycles. The maximum absolute atomic E-state index is 12.9. The average molecular weight is 379 g/mol. The number of benzene rings is 2. The summed E-state index contributed by atoms with van der Waals surface area (Å²) in [6.07, 6.45) is 3.73. The van der Waals surface area contributed by atoms with Crippen LogP contribution in [0.25, 0.3) is 5.69 Å². The van der Waals surface area contributed by atoms with E-state index < -0.39 is 0 Å². The maximum atomic E-state index is 12.9. The number of hydrogen-bond acceptors (Lipinski definition) is 4. The first-order chi connectivity index (χ1) is 13.1. The second-order valence-corrected chi connectivity index (χ2v) is 7.83. The lowest BCUT2D eigenvalue weighted by atomic mass is 10.00. The van der Waals surface area contributed by atoms with Crippen LogP contribution in [0.1, 0.15) is 23.1 Å². The number of aromatic nitrogens is 3. The van der Waals surface area contributed by atoms with Crippen LogP contribution in [0.4, 0.5) is 5.69 Å². The first kappa shape index (κ1) is 17.8. The van der Waals surface area contributed by atoms with E-state index in [1.165, 1.54) is 28.5 Å². The van der Waals surface area contributed by atoms with Gasteiger partial charge in [0.05, 0.1) is 5.75 Å². The largest absolute Gasteiger partial charge is 0.311 e. The maximum Gasteiger partial charge on any atom is 0.237 e. The van der Waals surface area contributed by atoms with Crippen LogP contribution in [0, 0.1) is 13.8 Å². The van der Waals surface area contributed by atoms with Crippen LogP contribution in [-0.4, -0.2) is 33.0 Å². The van der Waals surface area contributed by atoms with E-state index >= 15 is 0 Å². The fraction of sp³-hybridized carbons (Fsp3) is 0.286. The summed E-state index contributed by atoms with van der Waals surface area (Å²) in [5.74, 6) is 0.459. The van der Waals surface area contributed by atoms with Gasteiger partial charge in [0, 0.05) is 17.9 Å². The monoisotopic (exact) mass is 378 g/mol. The Morgan fingerprint density at radius 3 is 2.70 bits per heavy atom. The Balaban J connectivity index is 1.48. The number of rotatable bonds is 4. The predicted octanol–water partition coefficient (Wildman–Crippen LogP) is 3.96. The quantitative estimate of drug-likeness (QED) is 0.645. The van der Waals surface area contributed by atoms with Crippen molar-refractivity contribution in [1.29, 1.82) is 0 Å². The summed E-state index contributed by atoms with van der Waals surface area (Å²) in [4.78, 5) is 14.8. The zero-order valence-corrected chi connectivity index (χ0v) is 16.4. The minimum Gasteiger partial charge on any atom is -0.311 e. The van der Waals surface area contributed by atoms with Gasteiger partial charge in [0.15, 0.2) is 5.16 Å². The Hall–Kier alpha value is -2.60. The highest BCUT2D eigenvalue weighted by molar-refractivity contribution is 7.99. The molecular weight excluding hydrogens is 356 g/mol. The molecule has 0 radical (unpaired) electrons. The molecule has 0 atom stereocenters. The molecule has 0 fully saturated rings. The van der Waals surface area contributed by atoms with Crippen LogP contribution < -0.4 is 4.90 Å². The smallest absolute Gasteiger partial charge is 0.237 e. The van der Waals surface area contributed by atoms with Crippen molar-refractivity contribution in [3.63, 3.8) is 0 Å². The third-order valence-corrected chi connectivity index (χ3v) is 5.74. The van der Waals surface area contributed by atoms with Crippen LogP contribution in [0.2, 0.25) is 0 Å². The van der Waals surface area contributed by atoms with Crippen molar-refractivity contribution in [2.45, 2.75) is 31.8 Å². The molecule has 4 rings (SSSR count). The van der Waals surface area contributed by atoms with E-state index in [0.717, 1.165) is 35.9 Å². The van der Waals surface area contributed by atoms with Gasteiger partial charge in [-0.1, -0.05) is 47.2 Å². The highest BCUT2D eigenvalue weighted by atomic mass is 32.2. The summed E-state index contributed by atoms with van der Waals surface area (Å²) in [5, 5.41) is 8.95. The molecule has 6 heteroatoms. The summed E-state index contributed by atoms with van der Waals surface area (Å²) in [7, 11) is 0. The Bertz CT molecular complexity index is 965. The van der Waals surface area contributed by atoms with Crippen molar-refractivity contribution in [2.75, 3.05) is 17.2 Å². The van der Waals surface area contributed by atoms with Gasteiger partial charge >= 0.3 is 0 Å². The van der Waals surface area contributed by atoms with Gasteiger partial charge in [-0.25, -0.2) is 0 Å². The molecule has 0 spiro atoms. The van der Waals surface area contributed by atoms with E-state index in [4.69, 9.17) is 0 Å². The topological polar surface area (TPSA) is 51.0 Å². The van der Waals surface area contributed by atoms with Crippen molar-refractivity contribution in [3.8, 4) is 5.69 Å². The highest BCUT2D eigenvalue weighted by Crippen LogP contribution is 2.29. The van der Waals surface area contributed by atoms with E-state index in [0.29, 0.717) is 5.75 Å². The summed E-state index contributed by atoms with van der Waals surface area (Å²) >= 11 is 1.43. The van der Waals surface area contributed by atoms with Crippen molar-refractivity contribution in [2.24, 2.45) is 0 Å². The number of anilines is 1. The van der Waals surface area contributed by atoms with Gasteiger partial charge in [-0.2, -0.15) is 0 Å². The molecule has 1 amide bonds. The van der Waals surface area contributed by atoms with Crippen molar-refractivity contribution >= 4 is 23.4 Å². The van der Waals surface area contributed by atoms with Crippen LogP contribution in [0.3, 0.4) is 0 Å². The fourth-order valence-electron chi connectivity index (χ4n) is 3.39. The number of amides is 1. The van der Waals surface area contributed by atoms with E-state index in [-0.39, 0.29) is 5.91 Å². The number of hydrogen-bond donors (Lipinski definition) is 0. The Morgan fingerprint density at radius 1 is 1.11 bits per heavy atom. The molecule has 1 aromatic heterocycles. The first-order valence-corrected chi connectivity index (χ1v) is 10.1. The van der Waals surface area contributed by atoms with E-state index in [1.807, 2.05) is 21.6 Å². The lowest BCUT2D eigenvalue weighted by Gasteiger charge is -2.29. The molecule has 2 aromatic carbocycles. The lowest BCUT2D eigenvalue weighted by molar-refractivity contribution is -0.116. The normalized spacial score (nSPS) is 13.5. The number of fused-ring (bicyclic) bond motifs is 1. The minimum atomic E-state index is 0.114. The summed E-state index contributed by atoms with van der Waals surface area (Å²) in [5.41, 5.74) is 5.76. The molecule has 27 heavy (non-hydrogen) atoms. The second-order valence-electron chi connectivity index (χ2n) is 6.89. The average Bonchev–Trinajstić information content (AvgIpc) is 3.14. The molecule has 0 unspecified atom stereocenters. The van der Waals surface area contributed by atoms with Crippen LogP contribution in [0.15, 0.2) is 53.9 Å². The molecule has 0 bridgehead atoms. The molecule has 0 saturated heterocycles. The molecule has 3 aromatic rings. The number of carbonyl (C=O) groups excluding carboxylic acids is 1. The summed E-state index contributed by atoms with van der Waals surface area (Å²) < 4.78 is 1.92. The molecule has 0 aliphatic carbocycles. The van der Waals surface area contributed by atoms with Crippen LogP contribution in [-0.2, 0) is 11.2 Å². The minimum absolute atomic E-state index is 0.114. The standard InChI is InChI=1S/C21H22N4OS/c1-15-5-8-18(9-6-15)25-14-22-23-21(25)27-13-20(26)24-11-3-4-17-12-16(2)7-10-19(17)24/h5-10,12,14H,3-4,11,13H2,1-2H3. The molecule has 5 nitrogen and oxygen atoms in total. The summed E-state index contributed by atoms with van der Waals surface area (Å²) in [6, 6.07) is 14.5. The number of aryl methyl sites for hydroxylation is 3. The van der Waals surface area contributed by atoms with Crippen LogP contribution in [0.5, 0.6) is 0 Å². The van der Waals surface area contributed by atoms with Gasteiger partial charge < -0.3 is 4.90 Å². The molecule has 0 N–H and O–H groups in total. The van der Waals surface area contributed by atoms with E-state index in [9.17, 15) is 4.79 Å². The Kier molecular flexibility index (Phi) is 4.99. The lowest BCUT2D eigenvalue weighted by Crippen LogP contribution is -2.36. The van der Waals surface area contributed by atoms with Crippen molar-refractivity contribution in [3.05, 3.63) is 65.5 Å². The van der Waals surface area contributed by atoms with E-state index in [2.05, 4.69) is 54.4 Å². The van der Waals surface area contributed by atoms with Gasteiger partial charge in [-0.05, 0) is 50.5 Å². The zero-order valence-electron chi connectivity index (χ0n) is 15.6. The van der Waals surface area contributed by atoms with Crippen molar-refractivity contribution in [1.82, 2.24) is 14.8 Å². The molecule has 1 aliphatic rings. The fourth-order valence-corrected chi connectivity index (χ4v) is 4.20. The first-order valence-electron chi connectivity index (χ1n) is 9.11. The van der Waals surface area contributed by atoms with Crippen molar-refractivity contribution < 1.29 is 4.79 Å². The van der Waals surface area contributed by atoms with Gasteiger partial charge in [-0.15, -0.1) is 10.2 Å². The number of carbonyl (C=O) groups is 1. The zero-order chi connectivity index (χ0) is 18.8. The third kappa shape index (κ3) is 3.76. The Labute approximate surface area is 163 Å². The number of thioether (sulfide) groups is 1.